The van der Waals surface area contributed by atoms with E-state index in [4.69, 9.17) is 20.4 Å². The highest BCUT2D eigenvalue weighted by molar-refractivity contribution is 5.87. The van der Waals surface area contributed by atoms with Crippen LogP contribution in [0.25, 0.3) is 0 Å². The van der Waals surface area contributed by atoms with E-state index in [9.17, 15) is 0 Å². The number of oxime groups is 1. The van der Waals surface area contributed by atoms with Gasteiger partial charge < -0.3 is 20.4 Å². The molecule has 0 fully saturated rings. The standard InChI is InChI=1S/C12H18N2O3/c1-8(2)11(14-15)7-17-9-4-5-12(16-3)10(13)6-9/h4-6,8,15H,7,13H2,1-3H3/b14-11+. The third-order valence-electron chi connectivity index (χ3n) is 2.38. The van der Waals surface area contributed by atoms with E-state index in [0.717, 1.165) is 0 Å². The lowest BCUT2D eigenvalue weighted by Gasteiger charge is -2.11. The average molecular weight is 238 g/mol. The van der Waals surface area contributed by atoms with E-state index in [0.29, 0.717) is 22.9 Å². The van der Waals surface area contributed by atoms with Crippen LogP contribution in [-0.4, -0.2) is 24.6 Å². The molecule has 5 nitrogen and oxygen atoms in total. The van der Waals surface area contributed by atoms with Crippen LogP contribution in [0.5, 0.6) is 11.5 Å². The number of nitrogen functional groups attached to an aromatic ring is 1. The first-order chi connectivity index (χ1) is 8.08. The maximum absolute atomic E-state index is 8.77. The molecule has 0 spiro atoms. The average Bonchev–Trinajstić information content (AvgIpc) is 2.29. The van der Waals surface area contributed by atoms with Crippen molar-refractivity contribution in [2.75, 3.05) is 19.5 Å². The maximum atomic E-state index is 8.77. The van der Waals surface area contributed by atoms with Gasteiger partial charge in [0.2, 0.25) is 0 Å². The van der Waals surface area contributed by atoms with E-state index >= 15 is 0 Å². The number of nitrogens with zero attached hydrogens (tertiary/aromatic N) is 1. The molecule has 0 heterocycles. The Kier molecular flexibility index (Phi) is 4.63. The van der Waals surface area contributed by atoms with Crippen molar-refractivity contribution in [2.24, 2.45) is 11.1 Å². The van der Waals surface area contributed by atoms with Gasteiger partial charge in [-0.15, -0.1) is 0 Å². The molecule has 1 aromatic carbocycles. The minimum Gasteiger partial charge on any atom is -0.495 e. The van der Waals surface area contributed by atoms with Crippen LogP contribution in [0.15, 0.2) is 23.4 Å². The van der Waals surface area contributed by atoms with Crippen LogP contribution in [0.4, 0.5) is 5.69 Å². The lowest BCUT2D eigenvalue weighted by atomic mass is 10.1. The zero-order valence-electron chi connectivity index (χ0n) is 10.3. The van der Waals surface area contributed by atoms with Crippen molar-refractivity contribution >= 4 is 11.4 Å². The molecule has 1 rings (SSSR count). The summed E-state index contributed by atoms with van der Waals surface area (Å²) < 4.78 is 10.5. The smallest absolute Gasteiger partial charge is 0.142 e. The van der Waals surface area contributed by atoms with Gasteiger partial charge in [-0.2, -0.15) is 0 Å². The van der Waals surface area contributed by atoms with Gasteiger partial charge in [0.1, 0.15) is 18.1 Å². The van der Waals surface area contributed by atoms with E-state index in [1.165, 1.54) is 0 Å². The fourth-order valence-corrected chi connectivity index (χ4v) is 1.27. The quantitative estimate of drug-likeness (QED) is 0.356. The Morgan fingerprint density at radius 1 is 1.47 bits per heavy atom. The van der Waals surface area contributed by atoms with E-state index in [1.807, 2.05) is 13.8 Å². The molecule has 0 aliphatic carbocycles. The Balaban J connectivity index is 2.67. The molecule has 5 heteroatoms. The minimum absolute atomic E-state index is 0.135. The van der Waals surface area contributed by atoms with Gasteiger partial charge in [0.15, 0.2) is 0 Å². The monoisotopic (exact) mass is 238 g/mol. The van der Waals surface area contributed by atoms with Crippen molar-refractivity contribution in [1.82, 2.24) is 0 Å². The summed E-state index contributed by atoms with van der Waals surface area (Å²) in [6.07, 6.45) is 0. The largest absolute Gasteiger partial charge is 0.495 e. The van der Waals surface area contributed by atoms with E-state index in [-0.39, 0.29) is 12.5 Å². The Hall–Kier alpha value is -1.91. The molecule has 0 aliphatic rings. The third-order valence-corrected chi connectivity index (χ3v) is 2.38. The van der Waals surface area contributed by atoms with Crippen molar-refractivity contribution < 1.29 is 14.7 Å². The summed E-state index contributed by atoms with van der Waals surface area (Å²) in [6, 6.07) is 5.16. The van der Waals surface area contributed by atoms with Crippen molar-refractivity contribution in [3.8, 4) is 11.5 Å². The van der Waals surface area contributed by atoms with E-state index in [1.54, 1.807) is 25.3 Å². The summed E-state index contributed by atoms with van der Waals surface area (Å²) in [4.78, 5) is 0. The number of hydrogen-bond donors (Lipinski definition) is 2. The highest BCUT2D eigenvalue weighted by atomic mass is 16.5. The van der Waals surface area contributed by atoms with E-state index in [2.05, 4.69) is 5.16 Å². The number of hydrogen-bond acceptors (Lipinski definition) is 5. The Morgan fingerprint density at radius 3 is 2.65 bits per heavy atom. The first-order valence-electron chi connectivity index (χ1n) is 5.35. The summed E-state index contributed by atoms with van der Waals surface area (Å²) >= 11 is 0. The molecule has 3 N–H and O–H groups in total. The zero-order chi connectivity index (χ0) is 12.8. The molecular weight excluding hydrogens is 220 g/mol. The molecule has 17 heavy (non-hydrogen) atoms. The molecule has 0 amide bonds. The fourth-order valence-electron chi connectivity index (χ4n) is 1.27. The van der Waals surface area contributed by atoms with Gasteiger partial charge in [-0.3, -0.25) is 0 Å². The molecule has 0 saturated carbocycles. The van der Waals surface area contributed by atoms with Crippen molar-refractivity contribution in [2.45, 2.75) is 13.8 Å². The lowest BCUT2D eigenvalue weighted by molar-refractivity contribution is 0.302. The first-order valence-corrected chi connectivity index (χ1v) is 5.35. The second kappa shape index (κ2) is 5.98. The molecule has 0 bridgehead atoms. The summed E-state index contributed by atoms with van der Waals surface area (Å²) in [5.74, 6) is 1.36. The fraction of sp³-hybridized carbons (Fsp3) is 0.417. The predicted octanol–water partition coefficient (Wildman–Crippen LogP) is 2.14. The second-order valence-corrected chi connectivity index (χ2v) is 3.94. The van der Waals surface area contributed by atoms with Crippen molar-refractivity contribution in [3.63, 3.8) is 0 Å². The Labute approximate surface area is 101 Å². The van der Waals surface area contributed by atoms with Gasteiger partial charge >= 0.3 is 0 Å². The summed E-state index contributed by atoms with van der Waals surface area (Å²) in [7, 11) is 1.56. The van der Waals surface area contributed by atoms with Crippen LogP contribution in [0.2, 0.25) is 0 Å². The summed E-state index contributed by atoms with van der Waals surface area (Å²) in [5.41, 5.74) is 6.84. The first kappa shape index (κ1) is 13.2. The summed E-state index contributed by atoms with van der Waals surface area (Å²) in [5, 5.41) is 12.0. The van der Waals surface area contributed by atoms with Gasteiger partial charge in [0.05, 0.1) is 18.5 Å². The molecular formula is C12H18N2O3. The predicted molar refractivity (Wildman–Crippen MR) is 67.0 cm³/mol. The molecule has 0 unspecified atom stereocenters. The number of rotatable bonds is 5. The van der Waals surface area contributed by atoms with Gasteiger partial charge in [0.25, 0.3) is 0 Å². The Morgan fingerprint density at radius 2 is 2.18 bits per heavy atom. The topological polar surface area (TPSA) is 77.1 Å². The molecule has 0 saturated heterocycles. The maximum Gasteiger partial charge on any atom is 0.142 e. The number of methoxy groups -OCH3 is 1. The number of nitrogens with two attached hydrogens (primary N) is 1. The molecule has 1 aromatic rings. The zero-order valence-corrected chi connectivity index (χ0v) is 10.3. The van der Waals surface area contributed by atoms with Crippen LogP contribution in [0.3, 0.4) is 0 Å². The van der Waals surface area contributed by atoms with Crippen molar-refractivity contribution in [3.05, 3.63) is 18.2 Å². The molecule has 0 aromatic heterocycles. The molecule has 0 atom stereocenters. The number of benzene rings is 1. The normalized spacial score (nSPS) is 11.6. The van der Waals surface area contributed by atoms with E-state index < -0.39 is 0 Å². The number of anilines is 1. The van der Waals surface area contributed by atoms with Gasteiger partial charge in [-0.1, -0.05) is 19.0 Å². The molecule has 0 radical (unpaired) electrons. The van der Waals surface area contributed by atoms with Gasteiger partial charge in [-0.05, 0) is 18.1 Å². The molecule has 0 aliphatic heterocycles. The highest BCUT2D eigenvalue weighted by Crippen LogP contribution is 2.25. The summed E-state index contributed by atoms with van der Waals surface area (Å²) in [6.45, 7) is 4.10. The third kappa shape index (κ3) is 3.55. The van der Waals surface area contributed by atoms with Crippen molar-refractivity contribution in [1.29, 1.82) is 0 Å². The minimum atomic E-state index is 0.135. The van der Waals surface area contributed by atoms with Crippen LogP contribution < -0.4 is 15.2 Å². The van der Waals surface area contributed by atoms with Gasteiger partial charge in [-0.25, -0.2) is 0 Å². The lowest BCUT2D eigenvalue weighted by Crippen LogP contribution is -2.17. The highest BCUT2D eigenvalue weighted by Gasteiger charge is 2.08. The SMILES string of the molecule is COc1ccc(OC/C(=N\O)C(C)C)cc1N. The molecule has 94 valence electrons. The Bertz CT molecular complexity index is 403. The van der Waals surface area contributed by atoms with Crippen LogP contribution in [0, 0.1) is 5.92 Å². The number of ether oxygens (including phenoxy) is 2. The van der Waals surface area contributed by atoms with Crippen LogP contribution >= 0.6 is 0 Å². The second-order valence-electron chi connectivity index (χ2n) is 3.94. The van der Waals surface area contributed by atoms with Gasteiger partial charge in [0, 0.05) is 6.07 Å². The van der Waals surface area contributed by atoms with Crippen LogP contribution in [0.1, 0.15) is 13.8 Å². The van der Waals surface area contributed by atoms with Crippen LogP contribution in [-0.2, 0) is 0 Å².